The number of aromatic nitrogens is 4. The third kappa shape index (κ3) is 4.67. The van der Waals surface area contributed by atoms with Crippen molar-refractivity contribution >= 4 is 22.8 Å². The average Bonchev–Trinajstić information content (AvgIpc) is 3.38. The lowest BCUT2D eigenvalue weighted by atomic mass is 9.90. The molecule has 2 aliphatic rings. The minimum absolute atomic E-state index is 0.209. The number of nitrogens with zero attached hydrogens (tertiary/aromatic N) is 6. The molecule has 1 saturated heterocycles. The summed E-state index contributed by atoms with van der Waals surface area (Å²) in [5, 5.41) is 5.87. The normalized spacial score (nSPS) is 20.6. The van der Waals surface area contributed by atoms with Crippen molar-refractivity contribution in [3.63, 3.8) is 0 Å². The number of fused-ring (bicyclic) bond motifs is 1. The van der Waals surface area contributed by atoms with E-state index in [1.165, 1.54) is 6.33 Å². The quantitative estimate of drug-likeness (QED) is 0.380. The Hall–Kier alpha value is -4.02. The van der Waals surface area contributed by atoms with Crippen LogP contribution in [0.1, 0.15) is 42.1 Å². The van der Waals surface area contributed by atoms with E-state index in [0.717, 1.165) is 74.2 Å². The van der Waals surface area contributed by atoms with E-state index in [1.54, 1.807) is 13.2 Å². The van der Waals surface area contributed by atoms with Crippen molar-refractivity contribution in [1.82, 2.24) is 29.5 Å². The van der Waals surface area contributed by atoms with Crippen LogP contribution in [0.5, 0.6) is 5.75 Å². The first-order valence-electron chi connectivity index (χ1n) is 13.9. The topological polar surface area (TPSA) is 128 Å². The second-order valence-corrected chi connectivity index (χ2v) is 10.9. The molecule has 0 atom stereocenters. The smallest absolute Gasteiger partial charge is 0.252 e. The zero-order chi connectivity index (χ0) is 27.8. The molecule has 6 rings (SSSR count). The summed E-state index contributed by atoms with van der Waals surface area (Å²) < 4.78 is 7.84. The van der Waals surface area contributed by atoms with E-state index in [9.17, 15) is 4.79 Å². The molecule has 208 valence electrons. The summed E-state index contributed by atoms with van der Waals surface area (Å²) in [7, 11) is 3.74. The molecule has 1 aliphatic carbocycles. The fourth-order valence-corrected chi connectivity index (χ4v) is 6.37. The zero-order valence-electron chi connectivity index (χ0n) is 23.1. The SMILES string of the molecule is COc1c(C(N)=O)ccc(-c2nn(C3CCC(N4CCN(C)CC4)CC3)c3ncnc(N)c23)c1-c1ccccc1. The van der Waals surface area contributed by atoms with Gasteiger partial charge in [-0.3, -0.25) is 9.69 Å². The molecule has 4 aromatic rings. The Morgan fingerprint density at radius 1 is 0.950 bits per heavy atom. The molecular weight excluding hydrogens is 504 g/mol. The van der Waals surface area contributed by atoms with Crippen LogP contribution in [0.3, 0.4) is 0 Å². The van der Waals surface area contributed by atoms with Crippen molar-refractivity contribution in [3.05, 3.63) is 54.4 Å². The van der Waals surface area contributed by atoms with Crippen molar-refractivity contribution in [3.8, 4) is 28.1 Å². The Bertz CT molecular complexity index is 1520. The summed E-state index contributed by atoms with van der Waals surface area (Å²) in [5.41, 5.74) is 16.3. The van der Waals surface area contributed by atoms with Crippen molar-refractivity contribution in [2.24, 2.45) is 5.73 Å². The fourth-order valence-electron chi connectivity index (χ4n) is 6.37. The van der Waals surface area contributed by atoms with E-state index in [4.69, 9.17) is 21.3 Å². The average molecular weight is 541 g/mol. The van der Waals surface area contributed by atoms with E-state index in [0.29, 0.717) is 34.3 Å². The summed E-state index contributed by atoms with van der Waals surface area (Å²) >= 11 is 0. The number of nitrogens with two attached hydrogens (primary N) is 2. The van der Waals surface area contributed by atoms with Crippen molar-refractivity contribution < 1.29 is 9.53 Å². The van der Waals surface area contributed by atoms with Crippen LogP contribution in [0, 0.1) is 0 Å². The van der Waals surface area contributed by atoms with Crippen LogP contribution in [0.4, 0.5) is 5.82 Å². The number of hydrogen-bond acceptors (Lipinski definition) is 8. The van der Waals surface area contributed by atoms with E-state index < -0.39 is 5.91 Å². The van der Waals surface area contributed by atoms with Crippen molar-refractivity contribution in [2.75, 3.05) is 46.1 Å². The highest BCUT2D eigenvalue weighted by atomic mass is 16.5. The van der Waals surface area contributed by atoms with E-state index in [2.05, 4.69) is 26.8 Å². The van der Waals surface area contributed by atoms with Gasteiger partial charge in [-0.25, -0.2) is 14.6 Å². The first-order chi connectivity index (χ1) is 19.5. The maximum Gasteiger partial charge on any atom is 0.252 e. The van der Waals surface area contributed by atoms with Gasteiger partial charge in [0.2, 0.25) is 0 Å². The molecule has 2 aromatic heterocycles. The van der Waals surface area contributed by atoms with E-state index in [1.807, 2.05) is 41.1 Å². The van der Waals surface area contributed by atoms with Gasteiger partial charge in [-0.1, -0.05) is 36.4 Å². The number of nitrogen functional groups attached to an aromatic ring is 1. The predicted molar refractivity (Wildman–Crippen MR) is 156 cm³/mol. The maximum atomic E-state index is 12.3. The minimum Gasteiger partial charge on any atom is -0.495 e. The lowest BCUT2D eigenvalue weighted by molar-refractivity contribution is 0.0815. The van der Waals surface area contributed by atoms with Crippen LogP contribution in [-0.4, -0.2) is 81.8 Å². The summed E-state index contributed by atoms with van der Waals surface area (Å²) in [6.07, 6.45) is 5.80. The number of carbonyl (C=O) groups excluding carboxylic acids is 1. The standard InChI is InChI=1S/C30H36N8O2/c1-36-14-16-37(17-15-36)20-8-10-21(11-9-20)38-30-25(28(31)33-18-34-30)26(35-38)22-12-13-23(29(32)39)27(40-2)24(22)19-6-4-3-5-7-19/h3-7,12-13,18,20-21H,8-11,14-17H2,1-2H3,(H2,32,39)(H2,31,33,34). The van der Waals surface area contributed by atoms with Gasteiger partial charge < -0.3 is 21.1 Å². The number of carbonyl (C=O) groups is 1. The van der Waals surface area contributed by atoms with E-state index in [-0.39, 0.29) is 6.04 Å². The highest BCUT2D eigenvalue weighted by molar-refractivity contribution is 6.06. The molecule has 3 heterocycles. The number of anilines is 1. The number of likely N-dealkylation sites (N-methyl/N-ethyl adjacent to an activating group) is 1. The summed E-state index contributed by atoms with van der Waals surface area (Å²) in [6, 6.07) is 14.2. The van der Waals surface area contributed by atoms with Gasteiger partial charge in [0.25, 0.3) is 5.91 Å². The van der Waals surface area contributed by atoms with Crippen LogP contribution in [0.25, 0.3) is 33.4 Å². The number of amides is 1. The first-order valence-corrected chi connectivity index (χ1v) is 13.9. The summed E-state index contributed by atoms with van der Waals surface area (Å²) in [4.78, 5) is 26.4. The van der Waals surface area contributed by atoms with Crippen molar-refractivity contribution in [2.45, 2.75) is 37.8 Å². The Morgan fingerprint density at radius 2 is 1.65 bits per heavy atom. The van der Waals surface area contributed by atoms with Gasteiger partial charge in [0.15, 0.2) is 5.65 Å². The third-order valence-electron chi connectivity index (χ3n) is 8.53. The number of hydrogen-bond donors (Lipinski definition) is 2. The van der Waals surface area contributed by atoms with E-state index >= 15 is 0 Å². The number of benzene rings is 2. The number of methoxy groups -OCH3 is 1. The fraction of sp³-hybridized carbons (Fsp3) is 0.400. The summed E-state index contributed by atoms with van der Waals surface area (Å²) in [5.74, 6) is 0.215. The Labute approximate surface area is 233 Å². The highest BCUT2D eigenvalue weighted by Gasteiger charge is 2.31. The number of piperazine rings is 1. The molecule has 0 radical (unpaired) electrons. The predicted octanol–water partition coefficient (Wildman–Crippen LogP) is 3.58. The molecule has 1 aliphatic heterocycles. The Balaban J connectivity index is 1.43. The van der Waals surface area contributed by atoms with Gasteiger partial charge in [0.1, 0.15) is 23.6 Å². The van der Waals surface area contributed by atoms with Gasteiger partial charge in [-0.05, 0) is 44.4 Å². The van der Waals surface area contributed by atoms with Gasteiger partial charge >= 0.3 is 0 Å². The number of primary amides is 1. The number of ether oxygens (including phenoxy) is 1. The van der Waals surface area contributed by atoms with Gasteiger partial charge in [-0.15, -0.1) is 0 Å². The molecule has 0 unspecified atom stereocenters. The lowest BCUT2D eigenvalue weighted by Crippen LogP contribution is -2.49. The monoisotopic (exact) mass is 540 g/mol. The first kappa shape index (κ1) is 26.2. The molecule has 10 heteroatoms. The molecule has 4 N–H and O–H groups in total. The Morgan fingerprint density at radius 3 is 2.33 bits per heavy atom. The third-order valence-corrected chi connectivity index (χ3v) is 8.53. The lowest BCUT2D eigenvalue weighted by Gasteiger charge is -2.41. The van der Waals surface area contributed by atoms with Gasteiger partial charge in [0, 0.05) is 43.3 Å². The maximum absolute atomic E-state index is 12.3. The minimum atomic E-state index is -0.559. The molecule has 1 saturated carbocycles. The molecule has 0 bridgehead atoms. The second-order valence-electron chi connectivity index (χ2n) is 10.9. The molecule has 2 fully saturated rings. The molecule has 10 nitrogen and oxygen atoms in total. The van der Waals surface area contributed by atoms with Crippen LogP contribution in [0.2, 0.25) is 0 Å². The highest BCUT2D eigenvalue weighted by Crippen LogP contribution is 2.44. The second kappa shape index (κ2) is 10.9. The molecule has 0 spiro atoms. The van der Waals surface area contributed by atoms with Crippen molar-refractivity contribution in [1.29, 1.82) is 0 Å². The van der Waals surface area contributed by atoms with Crippen LogP contribution >= 0.6 is 0 Å². The summed E-state index contributed by atoms with van der Waals surface area (Å²) in [6.45, 7) is 4.53. The largest absolute Gasteiger partial charge is 0.495 e. The molecule has 40 heavy (non-hydrogen) atoms. The van der Waals surface area contributed by atoms with Gasteiger partial charge in [0.05, 0.1) is 24.1 Å². The molecular formula is C30H36N8O2. The van der Waals surface area contributed by atoms with Gasteiger partial charge in [-0.2, -0.15) is 5.10 Å². The molecule has 1 amide bonds. The Kier molecular flexibility index (Phi) is 7.12. The van der Waals surface area contributed by atoms with Crippen LogP contribution < -0.4 is 16.2 Å². The van der Waals surface area contributed by atoms with Crippen LogP contribution in [-0.2, 0) is 0 Å². The zero-order valence-corrected chi connectivity index (χ0v) is 23.1. The van der Waals surface area contributed by atoms with Crippen LogP contribution in [0.15, 0.2) is 48.8 Å². The number of rotatable bonds is 6. The molecule has 2 aromatic carbocycles.